The Kier molecular flexibility index (Phi) is 8.66. The highest BCUT2D eigenvalue weighted by Crippen LogP contribution is 2.23. The zero-order valence-electron chi connectivity index (χ0n) is 16.4. The van der Waals surface area contributed by atoms with Gasteiger partial charge in [-0.3, -0.25) is 9.79 Å². The van der Waals surface area contributed by atoms with Crippen LogP contribution in [0.3, 0.4) is 0 Å². The average molecular weight is 485 g/mol. The van der Waals surface area contributed by atoms with E-state index in [-0.39, 0.29) is 29.9 Å². The summed E-state index contributed by atoms with van der Waals surface area (Å²) < 4.78 is 0. The SMILES string of the molecule is CCNC(=NCC1CCN(c2ccccc2)C1)N1CCN(C(C)=O)CC1.I. The van der Waals surface area contributed by atoms with Gasteiger partial charge < -0.3 is 20.0 Å². The third kappa shape index (κ3) is 5.99. The second-order valence-electron chi connectivity index (χ2n) is 7.12. The van der Waals surface area contributed by atoms with Crippen molar-refractivity contribution in [2.45, 2.75) is 20.3 Å². The monoisotopic (exact) mass is 485 g/mol. The fourth-order valence-electron chi connectivity index (χ4n) is 3.73. The van der Waals surface area contributed by atoms with E-state index in [2.05, 4.69) is 52.4 Å². The van der Waals surface area contributed by atoms with E-state index >= 15 is 0 Å². The van der Waals surface area contributed by atoms with E-state index in [4.69, 9.17) is 4.99 Å². The van der Waals surface area contributed by atoms with E-state index in [0.29, 0.717) is 5.92 Å². The number of halogens is 1. The van der Waals surface area contributed by atoms with Gasteiger partial charge in [0.15, 0.2) is 5.96 Å². The molecule has 1 atom stereocenters. The van der Waals surface area contributed by atoms with Crippen molar-refractivity contribution in [2.24, 2.45) is 10.9 Å². The molecule has 2 heterocycles. The van der Waals surface area contributed by atoms with Crippen LogP contribution < -0.4 is 10.2 Å². The van der Waals surface area contributed by atoms with Gasteiger partial charge >= 0.3 is 0 Å². The topological polar surface area (TPSA) is 51.2 Å². The second kappa shape index (κ2) is 10.7. The maximum Gasteiger partial charge on any atom is 0.219 e. The molecule has 27 heavy (non-hydrogen) atoms. The average Bonchev–Trinajstić information content (AvgIpc) is 3.15. The van der Waals surface area contributed by atoms with Gasteiger partial charge in [0, 0.05) is 65.0 Å². The number of hydrogen-bond acceptors (Lipinski definition) is 3. The van der Waals surface area contributed by atoms with Crippen molar-refractivity contribution in [3.05, 3.63) is 30.3 Å². The second-order valence-corrected chi connectivity index (χ2v) is 7.12. The summed E-state index contributed by atoms with van der Waals surface area (Å²) in [6.07, 6.45) is 1.19. The van der Waals surface area contributed by atoms with Gasteiger partial charge in [-0.2, -0.15) is 0 Å². The number of guanidine groups is 1. The standard InChI is InChI=1S/C20H31N5O.HI/c1-3-21-20(24-13-11-23(12-14-24)17(2)26)22-15-18-9-10-25(16-18)19-7-5-4-6-8-19;/h4-8,18H,3,9-16H2,1-2H3,(H,21,22);1H. The number of nitrogens with zero attached hydrogens (tertiary/aromatic N) is 4. The van der Waals surface area contributed by atoms with Crippen LogP contribution in [0.1, 0.15) is 20.3 Å². The van der Waals surface area contributed by atoms with Crippen molar-refractivity contribution < 1.29 is 4.79 Å². The molecule has 0 aliphatic carbocycles. The lowest BCUT2D eigenvalue weighted by atomic mass is 10.1. The molecule has 1 N–H and O–H groups in total. The lowest BCUT2D eigenvalue weighted by molar-refractivity contribution is -0.130. The van der Waals surface area contributed by atoms with E-state index in [9.17, 15) is 4.79 Å². The van der Waals surface area contributed by atoms with E-state index in [1.807, 2.05) is 4.90 Å². The van der Waals surface area contributed by atoms with Gasteiger partial charge in [-0.05, 0) is 31.4 Å². The number of piperazine rings is 1. The van der Waals surface area contributed by atoms with Gasteiger partial charge in [-0.25, -0.2) is 0 Å². The molecule has 2 saturated heterocycles. The number of anilines is 1. The first-order valence-corrected chi connectivity index (χ1v) is 9.76. The number of rotatable bonds is 4. The molecule has 6 nitrogen and oxygen atoms in total. The van der Waals surface area contributed by atoms with Crippen LogP contribution in [-0.2, 0) is 4.79 Å². The summed E-state index contributed by atoms with van der Waals surface area (Å²) >= 11 is 0. The molecule has 1 unspecified atom stereocenters. The van der Waals surface area contributed by atoms with Crippen molar-refractivity contribution in [1.29, 1.82) is 0 Å². The highest BCUT2D eigenvalue weighted by molar-refractivity contribution is 14.0. The largest absolute Gasteiger partial charge is 0.371 e. The maximum atomic E-state index is 11.5. The Hall–Kier alpha value is -1.51. The van der Waals surface area contributed by atoms with Gasteiger partial charge in [0.05, 0.1) is 0 Å². The summed E-state index contributed by atoms with van der Waals surface area (Å²) in [5, 5.41) is 3.42. The van der Waals surface area contributed by atoms with Crippen LogP contribution in [0.4, 0.5) is 5.69 Å². The number of amides is 1. The predicted octanol–water partition coefficient (Wildman–Crippen LogP) is 2.26. The lowest BCUT2D eigenvalue weighted by Crippen LogP contribution is -2.53. The molecule has 150 valence electrons. The highest BCUT2D eigenvalue weighted by atomic mass is 127. The summed E-state index contributed by atoms with van der Waals surface area (Å²) in [7, 11) is 0. The smallest absolute Gasteiger partial charge is 0.219 e. The molecule has 1 amide bonds. The molecule has 3 rings (SSSR count). The third-order valence-corrected chi connectivity index (χ3v) is 5.27. The molecule has 0 spiro atoms. The van der Waals surface area contributed by atoms with E-state index in [1.54, 1.807) is 6.92 Å². The summed E-state index contributed by atoms with van der Waals surface area (Å²) in [4.78, 5) is 23.1. The van der Waals surface area contributed by atoms with Crippen molar-refractivity contribution in [2.75, 3.05) is 57.3 Å². The summed E-state index contributed by atoms with van der Waals surface area (Å²) in [5.74, 6) is 1.76. The molecule has 0 aromatic heterocycles. The zero-order valence-corrected chi connectivity index (χ0v) is 18.8. The van der Waals surface area contributed by atoms with E-state index < -0.39 is 0 Å². The predicted molar refractivity (Wildman–Crippen MR) is 122 cm³/mol. The molecule has 1 aromatic carbocycles. The molecule has 0 radical (unpaired) electrons. The minimum absolute atomic E-state index is 0. The zero-order chi connectivity index (χ0) is 18.4. The molecular formula is C20H32IN5O. The fourth-order valence-corrected chi connectivity index (χ4v) is 3.73. The molecule has 2 aliphatic rings. The highest BCUT2D eigenvalue weighted by Gasteiger charge is 2.24. The normalized spacial score (nSPS) is 20.4. The summed E-state index contributed by atoms with van der Waals surface area (Å²) in [6, 6.07) is 10.6. The number of para-hydroxylation sites is 1. The van der Waals surface area contributed by atoms with Crippen molar-refractivity contribution in [3.63, 3.8) is 0 Å². The molecule has 2 aliphatic heterocycles. The molecular weight excluding hydrogens is 453 g/mol. The summed E-state index contributed by atoms with van der Waals surface area (Å²) in [6.45, 7) is 10.9. The van der Waals surface area contributed by atoms with Crippen LogP contribution in [0.25, 0.3) is 0 Å². The number of hydrogen-bond donors (Lipinski definition) is 1. The first-order chi connectivity index (χ1) is 12.7. The Morgan fingerprint density at radius 3 is 2.41 bits per heavy atom. The molecule has 2 fully saturated rings. The maximum absolute atomic E-state index is 11.5. The van der Waals surface area contributed by atoms with Gasteiger partial charge in [-0.1, -0.05) is 18.2 Å². The molecule has 0 bridgehead atoms. The Bertz CT molecular complexity index is 616. The Balaban J connectivity index is 0.00000261. The van der Waals surface area contributed by atoms with Crippen molar-refractivity contribution in [3.8, 4) is 0 Å². The van der Waals surface area contributed by atoms with Crippen molar-refractivity contribution in [1.82, 2.24) is 15.1 Å². The number of benzene rings is 1. The molecule has 1 aromatic rings. The van der Waals surface area contributed by atoms with Crippen LogP contribution >= 0.6 is 24.0 Å². The van der Waals surface area contributed by atoms with Gasteiger partial charge in [0.1, 0.15) is 0 Å². The Morgan fingerprint density at radius 2 is 1.78 bits per heavy atom. The van der Waals surface area contributed by atoms with E-state index in [0.717, 1.165) is 58.3 Å². The minimum atomic E-state index is 0. The van der Waals surface area contributed by atoms with E-state index in [1.165, 1.54) is 12.1 Å². The van der Waals surface area contributed by atoms with Gasteiger partial charge in [-0.15, -0.1) is 24.0 Å². The van der Waals surface area contributed by atoms with Crippen LogP contribution in [0.2, 0.25) is 0 Å². The lowest BCUT2D eigenvalue weighted by Gasteiger charge is -2.36. The van der Waals surface area contributed by atoms with Gasteiger partial charge in [0.2, 0.25) is 5.91 Å². The van der Waals surface area contributed by atoms with Gasteiger partial charge in [0.25, 0.3) is 0 Å². The Morgan fingerprint density at radius 1 is 1.11 bits per heavy atom. The van der Waals surface area contributed by atoms with Crippen LogP contribution in [0, 0.1) is 5.92 Å². The first-order valence-electron chi connectivity index (χ1n) is 9.76. The molecule has 7 heteroatoms. The Labute approximate surface area is 180 Å². The number of carbonyl (C=O) groups excluding carboxylic acids is 1. The minimum Gasteiger partial charge on any atom is -0.371 e. The molecule has 0 saturated carbocycles. The number of carbonyl (C=O) groups is 1. The third-order valence-electron chi connectivity index (χ3n) is 5.27. The van der Waals surface area contributed by atoms with Crippen molar-refractivity contribution >= 4 is 41.5 Å². The first kappa shape index (κ1) is 21.8. The van der Waals surface area contributed by atoms with Crippen LogP contribution in [-0.4, -0.2) is 74.0 Å². The fraction of sp³-hybridized carbons (Fsp3) is 0.600. The number of aliphatic imine (C=N–C) groups is 1. The van der Waals surface area contributed by atoms with Crippen LogP contribution in [0.15, 0.2) is 35.3 Å². The number of nitrogens with one attached hydrogen (secondary N) is 1. The summed E-state index contributed by atoms with van der Waals surface area (Å²) in [5.41, 5.74) is 1.31. The quantitative estimate of drug-likeness (QED) is 0.404. The van der Waals surface area contributed by atoms with Crippen LogP contribution in [0.5, 0.6) is 0 Å².